The molecule has 0 bridgehead atoms. The molecule has 25 heavy (non-hydrogen) atoms. The van der Waals surface area contributed by atoms with E-state index < -0.39 is 16.1 Å². The molecule has 2 rings (SSSR count). The Bertz CT molecular complexity index is 854. The summed E-state index contributed by atoms with van der Waals surface area (Å²) in [6, 6.07) is 11.7. The zero-order chi connectivity index (χ0) is 18.8. The topological polar surface area (TPSA) is 66.5 Å². The van der Waals surface area contributed by atoms with E-state index in [2.05, 4.69) is 5.32 Å². The van der Waals surface area contributed by atoms with Crippen molar-refractivity contribution >= 4 is 27.3 Å². The van der Waals surface area contributed by atoms with Crippen LogP contribution >= 0.6 is 0 Å². The SMILES string of the molecule is Cc1cc(C)c(NC(=O)[C@@H](C)N(c2ccccc2)S(C)(=O)=O)c(C)c1. The third-order valence-electron chi connectivity index (χ3n) is 4.02. The van der Waals surface area contributed by atoms with Gasteiger partial charge < -0.3 is 5.32 Å². The maximum Gasteiger partial charge on any atom is 0.248 e. The summed E-state index contributed by atoms with van der Waals surface area (Å²) in [5.74, 6) is -0.371. The van der Waals surface area contributed by atoms with Crippen molar-refractivity contribution in [3.8, 4) is 0 Å². The second kappa shape index (κ2) is 7.27. The number of hydrogen-bond donors (Lipinski definition) is 1. The molecule has 0 saturated carbocycles. The lowest BCUT2D eigenvalue weighted by Gasteiger charge is -2.28. The first-order chi connectivity index (χ1) is 11.6. The van der Waals surface area contributed by atoms with Gasteiger partial charge in [-0.2, -0.15) is 0 Å². The standard InChI is InChI=1S/C19H24N2O3S/c1-13-11-14(2)18(15(3)12-13)20-19(22)16(4)21(25(5,23)24)17-9-7-6-8-10-17/h6-12,16H,1-5H3,(H,20,22)/t16-/m1/s1. The molecule has 134 valence electrons. The number of sulfonamides is 1. The van der Waals surface area contributed by atoms with Crippen molar-refractivity contribution in [3.05, 3.63) is 59.2 Å². The van der Waals surface area contributed by atoms with Crippen LogP contribution in [0.1, 0.15) is 23.6 Å². The van der Waals surface area contributed by atoms with E-state index in [0.717, 1.165) is 32.9 Å². The van der Waals surface area contributed by atoms with Crippen molar-refractivity contribution in [2.24, 2.45) is 0 Å². The highest BCUT2D eigenvalue weighted by molar-refractivity contribution is 7.92. The molecule has 0 aliphatic rings. The van der Waals surface area contributed by atoms with E-state index in [-0.39, 0.29) is 5.91 Å². The molecule has 0 fully saturated rings. The molecule has 1 amide bonds. The highest BCUT2D eigenvalue weighted by Gasteiger charge is 2.29. The maximum atomic E-state index is 12.7. The summed E-state index contributed by atoms with van der Waals surface area (Å²) in [6.45, 7) is 7.43. The smallest absolute Gasteiger partial charge is 0.248 e. The van der Waals surface area contributed by atoms with Gasteiger partial charge in [0.1, 0.15) is 6.04 Å². The zero-order valence-electron chi connectivity index (χ0n) is 15.2. The zero-order valence-corrected chi connectivity index (χ0v) is 16.0. The summed E-state index contributed by atoms with van der Waals surface area (Å²) >= 11 is 0. The molecule has 0 radical (unpaired) electrons. The minimum Gasteiger partial charge on any atom is -0.324 e. The number of carbonyl (C=O) groups is 1. The van der Waals surface area contributed by atoms with Crippen LogP contribution in [0.3, 0.4) is 0 Å². The summed E-state index contributed by atoms with van der Waals surface area (Å²) in [5.41, 5.74) is 4.20. The van der Waals surface area contributed by atoms with Gasteiger partial charge in [0.25, 0.3) is 0 Å². The van der Waals surface area contributed by atoms with Gasteiger partial charge in [-0.15, -0.1) is 0 Å². The van der Waals surface area contributed by atoms with Gasteiger partial charge in [0.2, 0.25) is 15.9 Å². The molecular formula is C19H24N2O3S. The van der Waals surface area contributed by atoms with Crippen LogP contribution in [0.2, 0.25) is 0 Å². The number of carbonyl (C=O) groups excluding carboxylic acids is 1. The van der Waals surface area contributed by atoms with Gasteiger partial charge in [-0.25, -0.2) is 8.42 Å². The molecule has 0 aliphatic carbocycles. The lowest BCUT2D eigenvalue weighted by molar-refractivity contribution is -0.116. The van der Waals surface area contributed by atoms with E-state index in [1.54, 1.807) is 37.3 Å². The highest BCUT2D eigenvalue weighted by Crippen LogP contribution is 2.24. The van der Waals surface area contributed by atoms with Crippen LogP contribution in [0.5, 0.6) is 0 Å². The number of nitrogens with one attached hydrogen (secondary N) is 1. The van der Waals surface area contributed by atoms with E-state index >= 15 is 0 Å². The minimum absolute atomic E-state index is 0.371. The maximum absolute atomic E-state index is 12.7. The van der Waals surface area contributed by atoms with Gasteiger partial charge in [-0.05, 0) is 51.0 Å². The molecule has 2 aromatic rings. The Morgan fingerprint density at radius 3 is 2.04 bits per heavy atom. The predicted molar refractivity (Wildman–Crippen MR) is 103 cm³/mol. The van der Waals surface area contributed by atoms with Crippen molar-refractivity contribution in [2.75, 3.05) is 15.9 Å². The fourth-order valence-corrected chi connectivity index (χ4v) is 4.16. The highest BCUT2D eigenvalue weighted by atomic mass is 32.2. The van der Waals surface area contributed by atoms with Gasteiger partial charge in [-0.1, -0.05) is 35.9 Å². The third kappa shape index (κ3) is 4.39. The number of nitrogens with zero attached hydrogens (tertiary/aromatic N) is 1. The molecule has 6 heteroatoms. The molecule has 2 aromatic carbocycles. The first kappa shape index (κ1) is 19.0. The van der Waals surface area contributed by atoms with E-state index in [4.69, 9.17) is 0 Å². The number of para-hydroxylation sites is 1. The van der Waals surface area contributed by atoms with Crippen molar-refractivity contribution < 1.29 is 13.2 Å². The second-order valence-corrected chi connectivity index (χ2v) is 8.19. The van der Waals surface area contributed by atoms with Gasteiger partial charge in [0, 0.05) is 5.69 Å². The Balaban J connectivity index is 2.34. The normalized spacial score (nSPS) is 12.5. The molecule has 0 aromatic heterocycles. The molecule has 0 aliphatic heterocycles. The molecule has 0 unspecified atom stereocenters. The van der Waals surface area contributed by atoms with Crippen molar-refractivity contribution in [1.29, 1.82) is 0 Å². The molecule has 1 atom stereocenters. The van der Waals surface area contributed by atoms with Crippen molar-refractivity contribution in [1.82, 2.24) is 0 Å². The third-order valence-corrected chi connectivity index (χ3v) is 5.27. The van der Waals surface area contributed by atoms with Crippen LogP contribution < -0.4 is 9.62 Å². The average molecular weight is 360 g/mol. The molecule has 0 heterocycles. The summed E-state index contributed by atoms with van der Waals surface area (Å²) in [4.78, 5) is 12.7. The lowest BCUT2D eigenvalue weighted by atomic mass is 10.0. The van der Waals surface area contributed by atoms with Crippen LogP contribution in [-0.2, 0) is 14.8 Å². The Labute approximate surface area is 149 Å². The Morgan fingerprint density at radius 1 is 1.04 bits per heavy atom. The summed E-state index contributed by atoms with van der Waals surface area (Å²) in [5, 5.41) is 2.88. The summed E-state index contributed by atoms with van der Waals surface area (Å²) < 4.78 is 25.6. The number of aryl methyl sites for hydroxylation is 3. The van der Waals surface area contributed by atoms with Crippen LogP contribution in [0.4, 0.5) is 11.4 Å². The minimum atomic E-state index is -3.61. The number of benzene rings is 2. The van der Waals surface area contributed by atoms with Crippen LogP contribution in [0.15, 0.2) is 42.5 Å². The largest absolute Gasteiger partial charge is 0.324 e. The molecule has 0 saturated heterocycles. The van der Waals surface area contributed by atoms with Crippen LogP contribution in [0, 0.1) is 20.8 Å². The molecule has 5 nitrogen and oxygen atoms in total. The van der Waals surface area contributed by atoms with E-state index in [9.17, 15) is 13.2 Å². The Hall–Kier alpha value is -2.34. The first-order valence-electron chi connectivity index (χ1n) is 8.04. The Morgan fingerprint density at radius 2 is 1.56 bits per heavy atom. The first-order valence-corrected chi connectivity index (χ1v) is 9.89. The van der Waals surface area contributed by atoms with Crippen LogP contribution in [-0.4, -0.2) is 26.6 Å². The number of hydrogen-bond acceptors (Lipinski definition) is 3. The van der Waals surface area contributed by atoms with Gasteiger partial charge in [-0.3, -0.25) is 9.10 Å². The second-order valence-electron chi connectivity index (χ2n) is 6.33. The number of amides is 1. The quantitative estimate of drug-likeness (QED) is 0.888. The summed E-state index contributed by atoms with van der Waals surface area (Å²) in [6.07, 6.45) is 1.10. The number of rotatable bonds is 5. The predicted octanol–water partition coefficient (Wildman–Crippen LogP) is 3.41. The molecule has 0 spiro atoms. The summed E-state index contributed by atoms with van der Waals surface area (Å²) in [7, 11) is -3.61. The van der Waals surface area contributed by atoms with Crippen molar-refractivity contribution in [2.45, 2.75) is 33.7 Å². The van der Waals surface area contributed by atoms with Gasteiger partial charge >= 0.3 is 0 Å². The van der Waals surface area contributed by atoms with Gasteiger partial charge in [0.05, 0.1) is 11.9 Å². The lowest BCUT2D eigenvalue weighted by Crippen LogP contribution is -2.45. The van der Waals surface area contributed by atoms with Gasteiger partial charge in [0.15, 0.2) is 0 Å². The van der Waals surface area contributed by atoms with E-state index in [0.29, 0.717) is 5.69 Å². The molecular weight excluding hydrogens is 336 g/mol. The Kier molecular flexibility index (Phi) is 5.52. The van der Waals surface area contributed by atoms with E-state index in [1.165, 1.54) is 0 Å². The monoisotopic (exact) mass is 360 g/mol. The van der Waals surface area contributed by atoms with Crippen LogP contribution in [0.25, 0.3) is 0 Å². The fourth-order valence-electron chi connectivity index (χ4n) is 2.99. The average Bonchev–Trinajstić information content (AvgIpc) is 2.50. The molecule has 1 N–H and O–H groups in total. The fraction of sp³-hybridized carbons (Fsp3) is 0.316. The number of anilines is 2. The van der Waals surface area contributed by atoms with Crippen molar-refractivity contribution in [3.63, 3.8) is 0 Å². The van der Waals surface area contributed by atoms with E-state index in [1.807, 2.05) is 32.9 Å².